The Morgan fingerprint density at radius 2 is 1.88 bits per heavy atom. The molecule has 10 heteroatoms. The van der Waals surface area contributed by atoms with Gasteiger partial charge in [0, 0.05) is 24.2 Å². The lowest BCUT2D eigenvalue weighted by Crippen LogP contribution is -2.10. The van der Waals surface area contributed by atoms with Gasteiger partial charge in [-0.2, -0.15) is 0 Å². The van der Waals surface area contributed by atoms with Crippen LogP contribution in [0.25, 0.3) is 11.3 Å². The highest BCUT2D eigenvalue weighted by Crippen LogP contribution is 2.38. The first kappa shape index (κ1) is 23.0. The molecule has 0 fully saturated rings. The number of nitrogens with one attached hydrogen (secondary N) is 1. The van der Waals surface area contributed by atoms with E-state index < -0.39 is 12.6 Å². The van der Waals surface area contributed by atoms with Crippen LogP contribution in [0.5, 0.6) is 28.7 Å². The molecule has 10 nitrogen and oxygen atoms in total. The minimum atomic E-state index is -1.06. The predicted molar refractivity (Wildman–Crippen MR) is 123 cm³/mol. The Kier molecular flexibility index (Phi) is 7.16. The first-order valence-corrected chi connectivity index (χ1v) is 10.7. The van der Waals surface area contributed by atoms with Crippen molar-refractivity contribution in [2.24, 2.45) is 0 Å². The summed E-state index contributed by atoms with van der Waals surface area (Å²) in [5.41, 5.74) is 2.46. The van der Waals surface area contributed by atoms with E-state index in [0.29, 0.717) is 54.1 Å². The molecule has 2 heterocycles. The summed E-state index contributed by atoms with van der Waals surface area (Å²) < 4.78 is 27.3. The number of hydrogen-bond acceptors (Lipinski definition) is 9. The van der Waals surface area contributed by atoms with E-state index in [1.165, 1.54) is 6.33 Å². The molecule has 0 atom stereocenters. The SMILES string of the molecule is CCOc1cc(-c2cc(NCCc3cc4c(cc3OC)OCO4)ncn2)ccc1OCC(=O)O. The number of aliphatic carboxylic acids is 1. The third-order valence-corrected chi connectivity index (χ3v) is 5.03. The van der Waals surface area contributed by atoms with Gasteiger partial charge in [-0.1, -0.05) is 0 Å². The van der Waals surface area contributed by atoms with Crippen molar-refractivity contribution in [1.29, 1.82) is 0 Å². The van der Waals surface area contributed by atoms with Crippen LogP contribution in [0.3, 0.4) is 0 Å². The standard InChI is InChI=1S/C24H25N3O7/c1-3-31-20-8-15(4-5-18(20)32-12-24(28)29)17-10-23(27-13-26-17)25-7-6-16-9-21-22(34-14-33-21)11-19(16)30-2/h4-5,8-11,13H,3,6-7,12,14H2,1-2H3,(H,28,29)(H,25,26,27). The molecule has 0 saturated carbocycles. The number of carbonyl (C=O) groups is 1. The molecule has 0 bridgehead atoms. The normalized spacial score (nSPS) is 11.7. The summed E-state index contributed by atoms with van der Waals surface area (Å²) in [7, 11) is 1.62. The average Bonchev–Trinajstić information content (AvgIpc) is 3.30. The fourth-order valence-corrected chi connectivity index (χ4v) is 3.48. The Hall–Kier alpha value is -4.21. The topological polar surface area (TPSA) is 121 Å². The molecule has 0 saturated heterocycles. The van der Waals surface area contributed by atoms with Crippen molar-refractivity contribution in [2.75, 3.05) is 39.0 Å². The minimum absolute atomic E-state index is 0.210. The lowest BCUT2D eigenvalue weighted by atomic mass is 10.1. The summed E-state index contributed by atoms with van der Waals surface area (Å²) >= 11 is 0. The number of benzene rings is 2. The van der Waals surface area contributed by atoms with Crippen LogP contribution in [-0.2, 0) is 11.2 Å². The van der Waals surface area contributed by atoms with Gasteiger partial charge in [-0.3, -0.25) is 0 Å². The number of rotatable bonds is 11. The number of anilines is 1. The number of ether oxygens (including phenoxy) is 5. The van der Waals surface area contributed by atoms with Crippen molar-refractivity contribution >= 4 is 11.8 Å². The maximum absolute atomic E-state index is 10.8. The van der Waals surface area contributed by atoms with E-state index in [2.05, 4.69) is 15.3 Å². The maximum atomic E-state index is 10.8. The summed E-state index contributed by atoms with van der Waals surface area (Å²) in [4.78, 5) is 19.5. The second-order valence-corrected chi connectivity index (χ2v) is 7.26. The zero-order valence-corrected chi connectivity index (χ0v) is 18.9. The van der Waals surface area contributed by atoms with Crippen molar-refractivity contribution in [2.45, 2.75) is 13.3 Å². The first-order chi connectivity index (χ1) is 16.6. The molecule has 0 aliphatic carbocycles. The first-order valence-electron chi connectivity index (χ1n) is 10.7. The van der Waals surface area contributed by atoms with Crippen LogP contribution in [0, 0.1) is 0 Å². The van der Waals surface area contributed by atoms with Gasteiger partial charge in [-0.05, 0) is 43.2 Å². The van der Waals surface area contributed by atoms with E-state index in [1.54, 1.807) is 25.3 Å². The monoisotopic (exact) mass is 467 g/mol. The predicted octanol–water partition coefficient (Wildman–Crippen LogP) is 3.40. The Morgan fingerprint density at radius 1 is 1.06 bits per heavy atom. The number of fused-ring (bicyclic) bond motifs is 1. The van der Waals surface area contributed by atoms with Gasteiger partial charge in [-0.15, -0.1) is 0 Å². The highest BCUT2D eigenvalue weighted by atomic mass is 16.7. The fourth-order valence-electron chi connectivity index (χ4n) is 3.48. The van der Waals surface area contributed by atoms with Crippen LogP contribution >= 0.6 is 0 Å². The zero-order chi connectivity index (χ0) is 23.9. The fraction of sp³-hybridized carbons (Fsp3) is 0.292. The van der Waals surface area contributed by atoms with Crippen LogP contribution in [0.15, 0.2) is 42.7 Å². The van der Waals surface area contributed by atoms with E-state index in [-0.39, 0.29) is 6.79 Å². The van der Waals surface area contributed by atoms with Crippen LogP contribution < -0.4 is 29.0 Å². The largest absolute Gasteiger partial charge is 0.496 e. The smallest absolute Gasteiger partial charge is 0.341 e. The molecule has 0 spiro atoms. The molecule has 1 aliphatic heterocycles. The number of nitrogens with zero attached hydrogens (tertiary/aromatic N) is 2. The molecule has 1 aliphatic rings. The molecular weight excluding hydrogens is 442 g/mol. The molecule has 34 heavy (non-hydrogen) atoms. The van der Waals surface area contributed by atoms with Gasteiger partial charge in [0.25, 0.3) is 0 Å². The Morgan fingerprint density at radius 3 is 2.65 bits per heavy atom. The summed E-state index contributed by atoms with van der Waals surface area (Å²) in [6, 6.07) is 10.8. The van der Waals surface area contributed by atoms with Crippen molar-refractivity contribution in [3.63, 3.8) is 0 Å². The summed E-state index contributed by atoms with van der Waals surface area (Å²) in [5, 5.41) is 12.2. The highest BCUT2D eigenvalue weighted by Gasteiger charge is 2.17. The van der Waals surface area contributed by atoms with Gasteiger partial charge in [0.05, 0.1) is 19.4 Å². The Bertz CT molecular complexity index is 1170. The van der Waals surface area contributed by atoms with Gasteiger partial charge in [0.1, 0.15) is 17.9 Å². The van der Waals surface area contributed by atoms with Crippen LogP contribution in [0.4, 0.5) is 5.82 Å². The van der Waals surface area contributed by atoms with Crippen LogP contribution in [0.2, 0.25) is 0 Å². The van der Waals surface area contributed by atoms with Crippen molar-refractivity contribution < 1.29 is 33.6 Å². The van der Waals surface area contributed by atoms with Gasteiger partial charge in [0.15, 0.2) is 29.6 Å². The molecule has 0 amide bonds. The minimum Gasteiger partial charge on any atom is -0.496 e. The summed E-state index contributed by atoms with van der Waals surface area (Å²) in [5.74, 6) is 2.54. The van der Waals surface area contributed by atoms with Gasteiger partial charge in [0.2, 0.25) is 6.79 Å². The van der Waals surface area contributed by atoms with Gasteiger partial charge >= 0.3 is 5.97 Å². The second kappa shape index (κ2) is 10.6. The second-order valence-electron chi connectivity index (χ2n) is 7.26. The molecule has 3 aromatic rings. The molecule has 0 radical (unpaired) electrons. The van der Waals surface area contributed by atoms with Crippen molar-refractivity contribution in [3.05, 3.63) is 48.3 Å². The summed E-state index contributed by atoms with van der Waals surface area (Å²) in [6.45, 7) is 2.62. The Labute approximate surface area is 196 Å². The van der Waals surface area contributed by atoms with Gasteiger partial charge < -0.3 is 34.1 Å². The van der Waals surface area contributed by atoms with E-state index in [4.69, 9.17) is 28.8 Å². The Balaban J connectivity index is 1.45. The number of carboxylic acids is 1. The molecular formula is C24H25N3O7. The third-order valence-electron chi connectivity index (χ3n) is 5.03. The van der Waals surface area contributed by atoms with Crippen molar-refractivity contribution in [1.82, 2.24) is 9.97 Å². The third kappa shape index (κ3) is 5.40. The molecule has 2 aromatic carbocycles. The van der Waals surface area contributed by atoms with E-state index in [9.17, 15) is 4.79 Å². The zero-order valence-electron chi connectivity index (χ0n) is 18.9. The van der Waals surface area contributed by atoms with E-state index in [0.717, 1.165) is 16.9 Å². The lowest BCUT2D eigenvalue weighted by molar-refractivity contribution is -0.139. The van der Waals surface area contributed by atoms with E-state index >= 15 is 0 Å². The number of aromatic nitrogens is 2. The van der Waals surface area contributed by atoms with Crippen molar-refractivity contribution in [3.8, 4) is 40.0 Å². The molecule has 4 rings (SSSR count). The molecule has 0 unspecified atom stereocenters. The molecule has 1 aromatic heterocycles. The van der Waals surface area contributed by atoms with E-state index in [1.807, 2.05) is 25.1 Å². The maximum Gasteiger partial charge on any atom is 0.341 e. The number of methoxy groups -OCH3 is 1. The molecule has 2 N–H and O–H groups in total. The van der Waals surface area contributed by atoms with Crippen LogP contribution in [0.1, 0.15) is 12.5 Å². The number of carboxylic acid groups (broad SMARTS) is 1. The number of hydrogen-bond donors (Lipinski definition) is 2. The lowest BCUT2D eigenvalue weighted by Gasteiger charge is -2.13. The quantitative estimate of drug-likeness (QED) is 0.434. The van der Waals surface area contributed by atoms with Crippen LogP contribution in [-0.4, -0.2) is 54.7 Å². The van der Waals surface area contributed by atoms with Gasteiger partial charge in [-0.25, -0.2) is 14.8 Å². The highest BCUT2D eigenvalue weighted by molar-refractivity contribution is 5.69. The summed E-state index contributed by atoms with van der Waals surface area (Å²) in [6.07, 6.45) is 2.16. The molecule has 178 valence electrons. The average molecular weight is 467 g/mol.